The standard InChI is InChI=1S/C10H15N5O3/c1-10(16)2-3-14(6-10)9-5-7(15(17)18)4-8(12-9)13-11/h4-5,16H,2-3,6,11H2,1H3,(H,12,13). The lowest BCUT2D eigenvalue weighted by Crippen LogP contribution is -2.30. The summed E-state index contributed by atoms with van der Waals surface area (Å²) in [4.78, 5) is 16.3. The Morgan fingerprint density at radius 2 is 2.39 bits per heavy atom. The van der Waals surface area contributed by atoms with E-state index < -0.39 is 10.5 Å². The Morgan fingerprint density at radius 1 is 1.67 bits per heavy atom. The zero-order valence-electron chi connectivity index (χ0n) is 9.96. The summed E-state index contributed by atoms with van der Waals surface area (Å²) in [5.41, 5.74) is 1.43. The van der Waals surface area contributed by atoms with E-state index in [-0.39, 0.29) is 11.5 Å². The van der Waals surface area contributed by atoms with Crippen LogP contribution in [0.3, 0.4) is 0 Å². The molecule has 0 saturated carbocycles. The van der Waals surface area contributed by atoms with Crippen LogP contribution in [0.15, 0.2) is 12.1 Å². The van der Waals surface area contributed by atoms with Gasteiger partial charge in [-0.3, -0.25) is 10.1 Å². The van der Waals surface area contributed by atoms with Crippen molar-refractivity contribution in [2.75, 3.05) is 23.4 Å². The molecule has 8 nitrogen and oxygen atoms in total. The highest BCUT2D eigenvalue weighted by Crippen LogP contribution is 2.28. The number of nitrogen functional groups attached to an aromatic ring is 1. The number of nitrogens with zero attached hydrogens (tertiary/aromatic N) is 3. The van der Waals surface area contributed by atoms with Gasteiger partial charge < -0.3 is 15.4 Å². The molecule has 1 unspecified atom stereocenters. The van der Waals surface area contributed by atoms with Crippen molar-refractivity contribution in [1.29, 1.82) is 0 Å². The summed E-state index contributed by atoms with van der Waals surface area (Å²) in [5, 5.41) is 20.7. The Balaban J connectivity index is 2.33. The molecular formula is C10H15N5O3. The fourth-order valence-electron chi connectivity index (χ4n) is 1.98. The Morgan fingerprint density at radius 3 is 2.89 bits per heavy atom. The second kappa shape index (κ2) is 4.39. The second-order valence-corrected chi connectivity index (χ2v) is 4.64. The number of hydrogen-bond donors (Lipinski definition) is 3. The lowest BCUT2D eigenvalue weighted by Gasteiger charge is -2.20. The number of hydrazine groups is 1. The molecule has 8 heteroatoms. The number of rotatable bonds is 3. The molecule has 0 spiro atoms. The molecule has 1 aromatic rings. The van der Waals surface area contributed by atoms with Gasteiger partial charge in [0, 0.05) is 13.1 Å². The van der Waals surface area contributed by atoms with Crippen LogP contribution in [-0.4, -0.2) is 33.7 Å². The predicted octanol–water partition coefficient (Wildman–Crippen LogP) is 0.236. The molecule has 0 amide bonds. The van der Waals surface area contributed by atoms with E-state index in [0.29, 0.717) is 25.3 Å². The van der Waals surface area contributed by atoms with Gasteiger partial charge in [-0.2, -0.15) is 0 Å². The van der Waals surface area contributed by atoms with Crippen molar-refractivity contribution in [2.24, 2.45) is 5.84 Å². The molecule has 4 N–H and O–H groups in total. The van der Waals surface area contributed by atoms with Gasteiger partial charge in [0.25, 0.3) is 5.69 Å². The minimum absolute atomic E-state index is 0.0838. The molecule has 2 heterocycles. The zero-order chi connectivity index (χ0) is 13.3. The van der Waals surface area contributed by atoms with E-state index in [1.54, 1.807) is 11.8 Å². The number of hydrogen-bond acceptors (Lipinski definition) is 7. The summed E-state index contributed by atoms with van der Waals surface area (Å²) in [7, 11) is 0. The number of nitro groups is 1. The van der Waals surface area contributed by atoms with Gasteiger partial charge in [-0.15, -0.1) is 0 Å². The number of β-amino-alcohol motifs (C(OH)–C–C–N with tert-alkyl or cyclic N) is 1. The molecule has 0 bridgehead atoms. The molecule has 1 saturated heterocycles. The number of aromatic nitrogens is 1. The van der Waals surface area contributed by atoms with Gasteiger partial charge in [-0.25, -0.2) is 10.8 Å². The number of nitrogens with two attached hydrogens (primary N) is 1. The molecule has 1 aromatic heterocycles. The van der Waals surface area contributed by atoms with E-state index >= 15 is 0 Å². The number of aliphatic hydroxyl groups is 1. The van der Waals surface area contributed by atoms with E-state index in [9.17, 15) is 15.2 Å². The minimum atomic E-state index is -0.789. The van der Waals surface area contributed by atoms with Gasteiger partial charge in [0.15, 0.2) is 0 Å². The molecule has 1 fully saturated rings. The van der Waals surface area contributed by atoms with Gasteiger partial charge in [0.05, 0.1) is 22.7 Å². The molecule has 98 valence electrons. The minimum Gasteiger partial charge on any atom is -0.388 e. The molecular weight excluding hydrogens is 238 g/mol. The molecule has 0 aliphatic carbocycles. The molecule has 18 heavy (non-hydrogen) atoms. The lowest BCUT2D eigenvalue weighted by atomic mass is 10.1. The van der Waals surface area contributed by atoms with E-state index in [4.69, 9.17) is 5.84 Å². The molecule has 0 radical (unpaired) electrons. The number of pyridine rings is 1. The smallest absolute Gasteiger partial charge is 0.276 e. The first-order chi connectivity index (χ1) is 8.41. The van der Waals surface area contributed by atoms with Gasteiger partial charge in [-0.05, 0) is 13.3 Å². The summed E-state index contributed by atoms with van der Waals surface area (Å²) in [5.74, 6) is 5.90. The van der Waals surface area contributed by atoms with Crippen molar-refractivity contribution >= 4 is 17.3 Å². The molecule has 2 rings (SSSR count). The zero-order valence-corrected chi connectivity index (χ0v) is 9.96. The second-order valence-electron chi connectivity index (χ2n) is 4.64. The SMILES string of the molecule is CC1(O)CCN(c2cc([N+](=O)[O-])cc(NN)n2)C1. The molecule has 1 atom stereocenters. The maximum atomic E-state index is 10.8. The van der Waals surface area contributed by atoms with Crippen LogP contribution in [0, 0.1) is 10.1 Å². The van der Waals surface area contributed by atoms with Crippen LogP contribution in [0.5, 0.6) is 0 Å². The van der Waals surface area contributed by atoms with Crippen LogP contribution in [0.2, 0.25) is 0 Å². The van der Waals surface area contributed by atoms with Crippen molar-refractivity contribution in [3.8, 4) is 0 Å². The predicted molar refractivity (Wildman–Crippen MR) is 66.2 cm³/mol. The van der Waals surface area contributed by atoms with E-state index in [0.717, 1.165) is 0 Å². The highest BCUT2D eigenvalue weighted by Gasteiger charge is 2.32. The Labute approximate surface area is 104 Å². The van der Waals surface area contributed by atoms with Crippen LogP contribution in [0.1, 0.15) is 13.3 Å². The van der Waals surface area contributed by atoms with Crippen LogP contribution in [0.25, 0.3) is 0 Å². The average molecular weight is 253 g/mol. The summed E-state index contributed by atoms with van der Waals surface area (Å²) < 4.78 is 0. The van der Waals surface area contributed by atoms with E-state index in [1.807, 2.05) is 0 Å². The van der Waals surface area contributed by atoms with Crippen LogP contribution in [-0.2, 0) is 0 Å². The van der Waals surface area contributed by atoms with Crippen LogP contribution in [0.4, 0.5) is 17.3 Å². The Kier molecular flexibility index (Phi) is 3.05. The monoisotopic (exact) mass is 253 g/mol. The maximum absolute atomic E-state index is 10.8. The maximum Gasteiger partial charge on any atom is 0.276 e. The number of nitrogens with one attached hydrogen (secondary N) is 1. The average Bonchev–Trinajstić information content (AvgIpc) is 2.69. The normalized spacial score (nSPS) is 23.2. The first-order valence-corrected chi connectivity index (χ1v) is 5.52. The third-order valence-electron chi connectivity index (χ3n) is 2.93. The van der Waals surface area contributed by atoms with Crippen molar-refractivity contribution in [3.63, 3.8) is 0 Å². The van der Waals surface area contributed by atoms with Crippen LogP contribution >= 0.6 is 0 Å². The van der Waals surface area contributed by atoms with E-state index in [2.05, 4.69) is 10.4 Å². The first-order valence-electron chi connectivity index (χ1n) is 5.52. The molecule has 0 aromatic carbocycles. The van der Waals surface area contributed by atoms with Gasteiger partial charge in [0.1, 0.15) is 11.6 Å². The third-order valence-corrected chi connectivity index (χ3v) is 2.93. The fraction of sp³-hybridized carbons (Fsp3) is 0.500. The summed E-state index contributed by atoms with van der Waals surface area (Å²) in [6, 6.07) is 2.64. The van der Waals surface area contributed by atoms with Gasteiger partial charge in [0.2, 0.25) is 0 Å². The molecule has 1 aliphatic rings. The highest BCUT2D eigenvalue weighted by molar-refractivity contribution is 5.56. The van der Waals surface area contributed by atoms with Gasteiger partial charge in [-0.1, -0.05) is 0 Å². The summed E-state index contributed by atoms with van der Waals surface area (Å²) in [6.45, 7) is 2.73. The van der Waals surface area contributed by atoms with E-state index in [1.165, 1.54) is 12.1 Å². The van der Waals surface area contributed by atoms with Crippen LogP contribution < -0.4 is 16.2 Å². The Bertz CT molecular complexity index is 477. The summed E-state index contributed by atoms with van der Waals surface area (Å²) >= 11 is 0. The Hall–Kier alpha value is -1.93. The summed E-state index contributed by atoms with van der Waals surface area (Å²) in [6.07, 6.45) is 0.600. The highest BCUT2D eigenvalue weighted by atomic mass is 16.6. The fourth-order valence-corrected chi connectivity index (χ4v) is 1.98. The van der Waals surface area contributed by atoms with Crippen molar-refractivity contribution in [2.45, 2.75) is 18.9 Å². The lowest BCUT2D eigenvalue weighted by molar-refractivity contribution is -0.384. The first kappa shape index (κ1) is 12.5. The topological polar surface area (TPSA) is 118 Å². The van der Waals surface area contributed by atoms with Gasteiger partial charge >= 0.3 is 0 Å². The van der Waals surface area contributed by atoms with Crippen molar-refractivity contribution < 1.29 is 10.0 Å². The largest absolute Gasteiger partial charge is 0.388 e. The number of anilines is 2. The third kappa shape index (κ3) is 2.49. The quantitative estimate of drug-likeness (QED) is 0.401. The van der Waals surface area contributed by atoms with Crippen molar-refractivity contribution in [3.05, 3.63) is 22.2 Å². The molecule has 1 aliphatic heterocycles. The van der Waals surface area contributed by atoms with Crippen molar-refractivity contribution in [1.82, 2.24) is 4.98 Å².